The highest BCUT2D eigenvalue weighted by atomic mass is 32.1. The Morgan fingerprint density at radius 3 is 3.00 bits per heavy atom. The second kappa shape index (κ2) is 9.76. The summed E-state index contributed by atoms with van der Waals surface area (Å²) in [6, 6.07) is 4.41. The maximum absolute atomic E-state index is 5.07. The molecule has 0 aromatic carbocycles. The van der Waals surface area contributed by atoms with E-state index in [4.69, 9.17) is 4.99 Å². The number of aliphatic imine (C=N–C) groups is 1. The lowest BCUT2D eigenvalue weighted by Crippen LogP contribution is -2.41. The Morgan fingerprint density at radius 2 is 2.24 bits per heavy atom. The zero-order valence-corrected chi connectivity index (χ0v) is 18.6. The first-order chi connectivity index (χ1) is 14.2. The molecule has 2 saturated heterocycles. The van der Waals surface area contributed by atoms with Crippen molar-refractivity contribution < 1.29 is 0 Å². The summed E-state index contributed by atoms with van der Waals surface area (Å²) in [6.07, 6.45) is 7.93. The SMILES string of the molecule is CCNC(=NCC1CCCN(Cc2cccs2)C1)N1CCC(c2cnn(C)c2)C1. The van der Waals surface area contributed by atoms with E-state index < -0.39 is 0 Å². The molecule has 2 aliphatic heterocycles. The van der Waals surface area contributed by atoms with Crippen molar-refractivity contribution in [1.82, 2.24) is 24.9 Å². The van der Waals surface area contributed by atoms with Crippen LogP contribution in [0.4, 0.5) is 0 Å². The fraction of sp³-hybridized carbons (Fsp3) is 0.636. The Hall–Kier alpha value is -1.86. The minimum Gasteiger partial charge on any atom is -0.357 e. The highest BCUT2D eigenvalue weighted by Gasteiger charge is 2.27. The Balaban J connectivity index is 1.33. The lowest BCUT2D eigenvalue weighted by molar-refractivity contribution is 0.172. The van der Waals surface area contributed by atoms with Crippen molar-refractivity contribution in [2.45, 2.75) is 38.6 Å². The second-order valence-corrected chi connectivity index (χ2v) is 9.43. The molecule has 0 radical (unpaired) electrons. The predicted octanol–water partition coefficient (Wildman–Crippen LogP) is 3.15. The van der Waals surface area contributed by atoms with Crippen molar-refractivity contribution in [3.8, 4) is 0 Å². The fourth-order valence-electron chi connectivity index (χ4n) is 4.58. The molecule has 1 N–H and O–H groups in total. The van der Waals surface area contributed by atoms with Gasteiger partial charge in [0.2, 0.25) is 0 Å². The van der Waals surface area contributed by atoms with E-state index in [1.54, 1.807) is 0 Å². The first kappa shape index (κ1) is 20.4. The molecule has 0 aliphatic carbocycles. The molecule has 2 aromatic heterocycles. The van der Waals surface area contributed by atoms with E-state index in [9.17, 15) is 0 Å². The van der Waals surface area contributed by atoms with Crippen LogP contribution in [0.3, 0.4) is 0 Å². The molecular weight excluding hydrogens is 380 g/mol. The van der Waals surface area contributed by atoms with Gasteiger partial charge in [-0.25, -0.2) is 0 Å². The van der Waals surface area contributed by atoms with Crippen LogP contribution < -0.4 is 5.32 Å². The highest BCUT2D eigenvalue weighted by Crippen LogP contribution is 2.27. The second-order valence-electron chi connectivity index (χ2n) is 8.40. The molecule has 4 heterocycles. The van der Waals surface area contributed by atoms with Crippen LogP contribution in [0, 0.1) is 5.92 Å². The molecule has 2 aliphatic rings. The molecule has 0 spiro atoms. The lowest BCUT2D eigenvalue weighted by atomic mass is 9.98. The van der Waals surface area contributed by atoms with Gasteiger partial charge in [-0.1, -0.05) is 6.07 Å². The molecule has 6 nitrogen and oxygen atoms in total. The summed E-state index contributed by atoms with van der Waals surface area (Å²) >= 11 is 1.87. The summed E-state index contributed by atoms with van der Waals surface area (Å²) in [6.45, 7) is 9.59. The van der Waals surface area contributed by atoms with E-state index in [0.29, 0.717) is 11.8 Å². The molecule has 2 aromatic rings. The summed E-state index contributed by atoms with van der Waals surface area (Å²) < 4.78 is 1.91. The number of guanidine groups is 1. The molecule has 2 atom stereocenters. The van der Waals surface area contributed by atoms with E-state index in [2.05, 4.69) is 50.8 Å². The summed E-state index contributed by atoms with van der Waals surface area (Å²) in [4.78, 5) is 11.6. The van der Waals surface area contributed by atoms with Gasteiger partial charge in [0.05, 0.1) is 6.20 Å². The third kappa shape index (κ3) is 5.39. The van der Waals surface area contributed by atoms with E-state index in [1.807, 2.05) is 29.3 Å². The number of hydrogen-bond acceptors (Lipinski definition) is 4. The van der Waals surface area contributed by atoms with E-state index >= 15 is 0 Å². The Labute approximate surface area is 178 Å². The van der Waals surface area contributed by atoms with Crippen molar-refractivity contribution in [2.24, 2.45) is 18.0 Å². The van der Waals surface area contributed by atoms with Crippen molar-refractivity contribution in [3.05, 3.63) is 40.3 Å². The van der Waals surface area contributed by atoms with Crippen LogP contribution in [-0.2, 0) is 13.6 Å². The minimum absolute atomic E-state index is 0.559. The molecule has 2 fully saturated rings. The smallest absolute Gasteiger partial charge is 0.193 e. The van der Waals surface area contributed by atoms with Gasteiger partial charge >= 0.3 is 0 Å². The van der Waals surface area contributed by atoms with Crippen molar-refractivity contribution in [2.75, 3.05) is 39.3 Å². The van der Waals surface area contributed by atoms with Crippen molar-refractivity contribution >= 4 is 17.3 Å². The number of likely N-dealkylation sites (tertiary alicyclic amines) is 2. The van der Waals surface area contributed by atoms with Gasteiger partial charge in [0, 0.05) is 63.3 Å². The third-order valence-electron chi connectivity index (χ3n) is 6.08. The number of hydrogen-bond donors (Lipinski definition) is 1. The number of nitrogens with one attached hydrogen (secondary N) is 1. The number of aryl methyl sites for hydroxylation is 1. The van der Waals surface area contributed by atoms with Crippen LogP contribution >= 0.6 is 11.3 Å². The zero-order chi connectivity index (χ0) is 20.1. The minimum atomic E-state index is 0.559. The van der Waals surface area contributed by atoms with Crippen LogP contribution in [0.15, 0.2) is 34.9 Å². The van der Waals surface area contributed by atoms with E-state index in [0.717, 1.165) is 38.7 Å². The highest BCUT2D eigenvalue weighted by molar-refractivity contribution is 7.09. The van der Waals surface area contributed by atoms with Gasteiger partial charge in [0.25, 0.3) is 0 Å². The van der Waals surface area contributed by atoms with Crippen LogP contribution in [-0.4, -0.2) is 64.8 Å². The van der Waals surface area contributed by atoms with Crippen molar-refractivity contribution in [3.63, 3.8) is 0 Å². The average Bonchev–Trinajstić information content (AvgIpc) is 3.47. The summed E-state index contributed by atoms with van der Waals surface area (Å²) in [5.41, 5.74) is 1.35. The molecule has 7 heteroatoms. The summed E-state index contributed by atoms with van der Waals surface area (Å²) in [7, 11) is 1.99. The van der Waals surface area contributed by atoms with Gasteiger partial charge < -0.3 is 10.2 Å². The molecule has 0 saturated carbocycles. The Kier molecular flexibility index (Phi) is 6.87. The average molecular weight is 415 g/mol. The zero-order valence-electron chi connectivity index (χ0n) is 17.8. The number of thiophene rings is 1. The summed E-state index contributed by atoms with van der Waals surface area (Å²) in [5.74, 6) is 2.31. The third-order valence-corrected chi connectivity index (χ3v) is 6.94. The topological polar surface area (TPSA) is 48.7 Å². The molecule has 2 unspecified atom stereocenters. The quantitative estimate of drug-likeness (QED) is 0.583. The first-order valence-electron chi connectivity index (χ1n) is 11.0. The number of nitrogens with zero attached hydrogens (tertiary/aromatic N) is 5. The van der Waals surface area contributed by atoms with Gasteiger partial charge in [-0.2, -0.15) is 5.10 Å². The standard InChI is InChI=1S/C22H34N6S/c1-3-23-22(28-10-8-19(16-28)20-13-25-26(2)15-20)24-12-18-6-4-9-27(14-18)17-21-7-5-11-29-21/h5,7,11,13,15,18-19H,3-4,6,8-10,12,14,16-17H2,1-2H3,(H,23,24). The normalized spacial score (nSPS) is 23.7. The summed E-state index contributed by atoms with van der Waals surface area (Å²) in [5, 5.41) is 10.1. The Morgan fingerprint density at radius 1 is 1.31 bits per heavy atom. The molecule has 158 valence electrons. The molecule has 29 heavy (non-hydrogen) atoms. The van der Waals surface area contributed by atoms with Crippen LogP contribution in [0.5, 0.6) is 0 Å². The van der Waals surface area contributed by atoms with E-state index in [1.165, 1.54) is 42.8 Å². The molecule has 4 rings (SSSR count). The lowest BCUT2D eigenvalue weighted by Gasteiger charge is -2.32. The van der Waals surface area contributed by atoms with Gasteiger partial charge in [-0.3, -0.25) is 14.6 Å². The van der Waals surface area contributed by atoms with Crippen LogP contribution in [0.2, 0.25) is 0 Å². The fourth-order valence-corrected chi connectivity index (χ4v) is 5.33. The van der Waals surface area contributed by atoms with Crippen molar-refractivity contribution in [1.29, 1.82) is 0 Å². The maximum atomic E-state index is 5.07. The van der Waals surface area contributed by atoms with Gasteiger partial charge in [0.1, 0.15) is 0 Å². The maximum Gasteiger partial charge on any atom is 0.193 e. The number of aromatic nitrogens is 2. The van der Waals surface area contributed by atoms with Gasteiger partial charge in [0.15, 0.2) is 5.96 Å². The molecular formula is C22H34N6S. The molecule has 0 amide bonds. The number of rotatable bonds is 6. The first-order valence-corrected chi connectivity index (χ1v) is 11.9. The van der Waals surface area contributed by atoms with Crippen LogP contribution in [0.25, 0.3) is 0 Å². The van der Waals surface area contributed by atoms with Gasteiger partial charge in [-0.15, -0.1) is 11.3 Å². The molecule has 0 bridgehead atoms. The van der Waals surface area contributed by atoms with E-state index in [-0.39, 0.29) is 0 Å². The largest absolute Gasteiger partial charge is 0.357 e. The van der Waals surface area contributed by atoms with Gasteiger partial charge in [-0.05, 0) is 55.7 Å². The predicted molar refractivity (Wildman–Crippen MR) is 120 cm³/mol. The monoisotopic (exact) mass is 414 g/mol. The Bertz CT molecular complexity index is 783. The van der Waals surface area contributed by atoms with Crippen LogP contribution in [0.1, 0.15) is 42.5 Å². The number of piperidine rings is 1.